The van der Waals surface area contributed by atoms with Crippen LogP contribution in [0.15, 0.2) is 24.3 Å². The lowest BCUT2D eigenvalue weighted by molar-refractivity contribution is -0.137. The van der Waals surface area contributed by atoms with E-state index in [0.717, 1.165) is 17.9 Å². The van der Waals surface area contributed by atoms with Crippen molar-refractivity contribution in [1.82, 2.24) is 0 Å². The Morgan fingerprint density at radius 1 is 1.50 bits per heavy atom. The highest BCUT2D eigenvalue weighted by atomic mass is 16.5. The third-order valence-electron chi connectivity index (χ3n) is 3.14. The molecule has 0 heterocycles. The lowest BCUT2D eigenvalue weighted by atomic mass is 10.0. The molecular weight excluding hydrogens is 230 g/mol. The van der Waals surface area contributed by atoms with Crippen molar-refractivity contribution in [3.8, 4) is 5.75 Å². The van der Waals surface area contributed by atoms with Gasteiger partial charge < -0.3 is 15.6 Å². The maximum Gasteiger partial charge on any atom is 0.303 e. The van der Waals surface area contributed by atoms with Gasteiger partial charge in [0.15, 0.2) is 0 Å². The van der Waals surface area contributed by atoms with Crippen molar-refractivity contribution in [3.63, 3.8) is 0 Å². The molecule has 3 N–H and O–H groups in total. The van der Waals surface area contributed by atoms with Crippen LogP contribution in [0, 0.1) is 5.92 Å². The highest BCUT2D eigenvalue weighted by Crippen LogP contribution is 2.30. The molecule has 1 fully saturated rings. The zero-order chi connectivity index (χ0) is 13.0. The van der Waals surface area contributed by atoms with Crippen molar-refractivity contribution in [3.05, 3.63) is 29.8 Å². The summed E-state index contributed by atoms with van der Waals surface area (Å²) in [6, 6.07) is 7.39. The second-order valence-corrected chi connectivity index (χ2v) is 4.87. The van der Waals surface area contributed by atoms with Gasteiger partial charge in [-0.25, -0.2) is 0 Å². The van der Waals surface area contributed by atoms with E-state index in [1.165, 1.54) is 12.8 Å². The highest BCUT2D eigenvalue weighted by molar-refractivity contribution is 5.66. The molecule has 18 heavy (non-hydrogen) atoms. The number of aliphatic carboxylic acids is 1. The summed E-state index contributed by atoms with van der Waals surface area (Å²) in [6.45, 7) is 0.772. The molecule has 0 aromatic heterocycles. The fourth-order valence-corrected chi connectivity index (χ4v) is 1.78. The van der Waals surface area contributed by atoms with Crippen LogP contribution in [0.2, 0.25) is 0 Å². The molecule has 0 bridgehead atoms. The molecule has 4 nitrogen and oxygen atoms in total. The van der Waals surface area contributed by atoms with Crippen molar-refractivity contribution < 1.29 is 14.6 Å². The molecule has 1 aromatic rings. The minimum Gasteiger partial charge on any atom is -0.493 e. The standard InChI is InChI=1S/C14H19NO3/c15-13(6-7-14(16)17)11-2-1-3-12(8-11)18-9-10-4-5-10/h1-3,8,10,13H,4-7,9,15H2,(H,16,17). The Bertz CT molecular complexity index is 415. The molecule has 1 atom stereocenters. The summed E-state index contributed by atoms with van der Waals surface area (Å²) in [5.41, 5.74) is 6.90. The van der Waals surface area contributed by atoms with Crippen LogP contribution < -0.4 is 10.5 Å². The van der Waals surface area contributed by atoms with E-state index in [4.69, 9.17) is 15.6 Å². The first-order valence-corrected chi connectivity index (χ1v) is 6.35. The van der Waals surface area contributed by atoms with Crippen LogP contribution >= 0.6 is 0 Å². The number of carboxylic acid groups (broad SMARTS) is 1. The van der Waals surface area contributed by atoms with E-state index in [2.05, 4.69) is 0 Å². The van der Waals surface area contributed by atoms with Gasteiger partial charge in [-0.1, -0.05) is 12.1 Å². The van der Waals surface area contributed by atoms with Gasteiger partial charge in [-0.05, 0) is 42.9 Å². The zero-order valence-electron chi connectivity index (χ0n) is 10.3. The minimum absolute atomic E-state index is 0.0916. The Kier molecular flexibility index (Phi) is 4.20. The summed E-state index contributed by atoms with van der Waals surface area (Å²) < 4.78 is 5.67. The Morgan fingerprint density at radius 2 is 2.28 bits per heavy atom. The Balaban J connectivity index is 1.89. The molecule has 0 aliphatic heterocycles. The van der Waals surface area contributed by atoms with Gasteiger partial charge in [0.2, 0.25) is 0 Å². The normalized spacial score (nSPS) is 16.3. The maximum absolute atomic E-state index is 10.5. The smallest absolute Gasteiger partial charge is 0.303 e. The SMILES string of the molecule is NC(CCC(=O)O)c1cccc(OCC2CC2)c1. The average molecular weight is 249 g/mol. The average Bonchev–Trinajstić information content (AvgIpc) is 3.18. The van der Waals surface area contributed by atoms with Gasteiger partial charge in [0.1, 0.15) is 5.75 Å². The van der Waals surface area contributed by atoms with E-state index in [0.29, 0.717) is 12.3 Å². The number of rotatable bonds is 7. The maximum atomic E-state index is 10.5. The second-order valence-electron chi connectivity index (χ2n) is 4.87. The lowest BCUT2D eigenvalue weighted by Crippen LogP contribution is -2.12. The van der Waals surface area contributed by atoms with Crippen molar-refractivity contribution in [2.24, 2.45) is 11.7 Å². The van der Waals surface area contributed by atoms with Gasteiger partial charge in [0.05, 0.1) is 6.61 Å². The molecular formula is C14H19NO3. The van der Waals surface area contributed by atoms with Crippen molar-refractivity contribution in [2.75, 3.05) is 6.61 Å². The summed E-state index contributed by atoms with van der Waals surface area (Å²) in [7, 11) is 0. The van der Waals surface area contributed by atoms with Gasteiger partial charge in [-0.2, -0.15) is 0 Å². The van der Waals surface area contributed by atoms with Crippen LogP contribution in [0.3, 0.4) is 0 Å². The predicted molar refractivity (Wildman–Crippen MR) is 68.5 cm³/mol. The molecule has 1 aliphatic rings. The van der Waals surface area contributed by atoms with Crippen LogP contribution in [0.25, 0.3) is 0 Å². The first-order chi connectivity index (χ1) is 8.65. The van der Waals surface area contributed by atoms with Crippen LogP contribution in [0.5, 0.6) is 5.75 Å². The third kappa shape index (κ3) is 4.04. The van der Waals surface area contributed by atoms with Crippen molar-refractivity contribution >= 4 is 5.97 Å². The number of benzene rings is 1. The number of nitrogens with two attached hydrogens (primary N) is 1. The lowest BCUT2D eigenvalue weighted by Gasteiger charge is -2.12. The number of hydrogen-bond acceptors (Lipinski definition) is 3. The number of hydrogen-bond donors (Lipinski definition) is 2. The van der Waals surface area contributed by atoms with E-state index >= 15 is 0 Å². The topological polar surface area (TPSA) is 72.6 Å². The van der Waals surface area contributed by atoms with Crippen LogP contribution in [-0.2, 0) is 4.79 Å². The molecule has 0 saturated heterocycles. The summed E-state index contributed by atoms with van der Waals surface area (Å²) in [5, 5.41) is 8.64. The Labute approximate surface area is 107 Å². The van der Waals surface area contributed by atoms with Gasteiger partial charge in [0.25, 0.3) is 0 Å². The van der Waals surface area contributed by atoms with Gasteiger partial charge in [-0.3, -0.25) is 4.79 Å². The van der Waals surface area contributed by atoms with Crippen LogP contribution in [-0.4, -0.2) is 17.7 Å². The van der Waals surface area contributed by atoms with Gasteiger partial charge in [-0.15, -0.1) is 0 Å². The van der Waals surface area contributed by atoms with Gasteiger partial charge >= 0.3 is 5.97 Å². The van der Waals surface area contributed by atoms with E-state index in [-0.39, 0.29) is 12.5 Å². The van der Waals surface area contributed by atoms with Crippen LogP contribution in [0.1, 0.15) is 37.3 Å². The molecule has 0 spiro atoms. The number of ether oxygens (including phenoxy) is 1. The first-order valence-electron chi connectivity index (χ1n) is 6.35. The number of carbonyl (C=O) groups is 1. The molecule has 1 aromatic carbocycles. The highest BCUT2D eigenvalue weighted by Gasteiger charge is 2.22. The molecule has 2 rings (SSSR count). The molecule has 4 heteroatoms. The van der Waals surface area contributed by atoms with Gasteiger partial charge in [0, 0.05) is 12.5 Å². The van der Waals surface area contributed by atoms with E-state index in [9.17, 15) is 4.79 Å². The summed E-state index contributed by atoms with van der Waals surface area (Å²) >= 11 is 0. The van der Waals surface area contributed by atoms with E-state index in [1.54, 1.807) is 0 Å². The number of carboxylic acids is 1. The molecule has 1 aliphatic carbocycles. The summed E-state index contributed by atoms with van der Waals surface area (Å²) in [4.78, 5) is 10.5. The molecule has 1 saturated carbocycles. The molecule has 0 radical (unpaired) electrons. The summed E-state index contributed by atoms with van der Waals surface area (Å²) in [6.07, 6.45) is 3.06. The van der Waals surface area contributed by atoms with E-state index in [1.807, 2.05) is 24.3 Å². The quantitative estimate of drug-likeness (QED) is 0.778. The second kappa shape index (κ2) is 5.87. The molecule has 1 unspecified atom stereocenters. The van der Waals surface area contributed by atoms with Crippen LogP contribution in [0.4, 0.5) is 0 Å². The Morgan fingerprint density at radius 3 is 2.94 bits per heavy atom. The van der Waals surface area contributed by atoms with Crippen molar-refractivity contribution in [2.45, 2.75) is 31.7 Å². The molecule has 98 valence electrons. The fraction of sp³-hybridized carbons (Fsp3) is 0.500. The third-order valence-corrected chi connectivity index (χ3v) is 3.14. The molecule has 0 amide bonds. The first kappa shape index (κ1) is 12.9. The zero-order valence-corrected chi connectivity index (χ0v) is 10.3. The largest absolute Gasteiger partial charge is 0.493 e. The summed E-state index contributed by atoms with van der Waals surface area (Å²) in [5.74, 6) is 0.728. The predicted octanol–water partition coefficient (Wildman–Crippen LogP) is 2.34. The van der Waals surface area contributed by atoms with Crippen molar-refractivity contribution in [1.29, 1.82) is 0 Å². The van der Waals surface area contributed by atoms with E-state index < -0.39 is 5.97 Å². The Hall–Kier alpha value is -1.55. The fourth-order valence-electron chi connectivity index (χ4n) is 1.78. The monoisotopic (exact) mass is 249 g/mol. The minimum atomic E-state index is -0.813.